The molecule has 0 amide bonds. The number of hydrogen-bond acceptors (Lipinski definition) is 5. The Morgan fingerprint density at radius 3 is 2.58 bits per heavy atom. The Hall–Kier alpha value is -1.95. The van der Waals surface area contributed by atoms with Crippen LogP contribution in [0.2, 0.25) is 10.0 Å². The van der Waals surface area contributed by atoms with Gasteiger partial charge in [-0.15, -0.1) is 0 Å². The molecule has 3 aliphatic rings. The predicted octanol–water partition coefficient (Wildman–Crippen LogP) is 6.71. The van der Waals surface area contributed by atoms with Gasteiger partial charge in [-0.05, 0) is 75.1 Å². The third kappa shape index (κ3) is 5.34. The Kier molecular flexibility index (Phi) is 7.71. The summed E-state index contributed by atoms with van der Waals surface area (Å²) in [4.78, 5) is 9.43. The van der Waals surface area contributed by atoms with Crippen molar-refractivity contribution in [3.8, 4) is 5.75 Å². The Morgan fingerprint density at radius 1 is 1.11 bits per heavy atom. The molecule has 1 saturated carbocycles. The highest BCUT2D eigenvalue weighted by molar-refractivity contribution is 6.35. The lowest BCUT2D eigenvalue weighted by Crippen LogP contribution is -2.56. The number of likely N-dealkylation sites (tertiary alicyclic amines) is 1. The highest BCUT2D eigenvalue weighted by atomic mass is 35.5. The summed E-state index contributed by atoms with van der Waals surface area (Å²) in [5, 5.41) is 1.20. The fraction of sp³-hybridized carbons (Fsp3) is 0.552. The molecule has 2 atom stereocenters. The van der Waals surface area contributed by atoms with Crippen LogP contribution in [0.3, 0.4) is 0 Å². The van der Waals surface area contributed by atoms with Crippen molar-refractivity contribution < 1.29 is 4.74 Å². The molecule has 2 aromatic carbocycles. The van der Waals surface area contributed by atoms with Crippen molar-refractivity contribution in [3.63, 3.8) is 0 Å². The number of benzene rings is 2. The molecule has 194 valence electrons. The lowest BCUT2D eigenvalue weighted by Gasteiger charge is -2.51. The van der Waals surface area contributed by atoms with E-state index in [1.165, 1.54) is 38.8 Å². The molecule has 0 aromatic heterocycles. The molecule has 5 nitrogen and oxygen atoms in total. The van der Waals surface area contributed by atoms with E-state index < -0.39 is 0 Å². The van der Waals surface area contributed by atoms with Crippen molar-refractivity contribution in [1.29, 1.82) is 0 Å². The first-order chi connectivity index (χ1) is 17.3. The maximum atomic E-state index is 6.50. The van der Waals surface area contributed by atoms with E-state index in [0.717, 1.165) is 59.4 Å². The first-order valence-electron chi connectivity index (χ1n) is 13.3. The highest BCUT2D eigenvalue weighted by Crippen LogP contribution is 2.41. The smallest absolute Gasteiger partial charge is 0.133 e. The molecule has 2 N–H and O–H groups in total. The van der Waals surface area contributed by atoms with Crippen LogP contribution in [0.15, 0.2) is 35.3 Å². The molecule has 0 bridgehead atoms. The number of aliphatic imine (C=N–C) groups is 1. The number of piperidine rings is 1. The first-order valence-corrected chi connectivity index (χ1v) is 14.0. The number of ether oxygens (including phenoxy) is 1. The van der Waals surface area contributed by atoms with Crippen LogP contribution < -0.4 is 15.4 Å². The molecule has 36 heavy (non-hydrogen) atoms. The molecule has 3 fully saturated rings. The number of anilines is 2. The van der Waals surface area contributed by atoms with E-state index in [0.29, 0.717) is 15.7 Å². The maximum Gasteiger partial charge on any atom is 0.133 e. The van der Waals surface area contributed by atoms with Crippen LogP contribution in [0.4, 0.5) is 11.4 Å². The normalized spacial score (nSPS) is 26.0. The number of nitrogens with zero attached hydrogens (tertiary/aromatic N) is 3. The van der Waals surface area contributed by atoms with Crippen molar-refractivity contribution in [1.82, 2.24) is 4.90 Å². The molecule has 1 aliphatic carbocycles. The van der Waals surface area contributed by atoms with E-state index >= 15 is 0 Å². The van der Waals surface area contributed by atoms with Crippen molar-refractivity contribution in [2.45, 2.75) is 51.7 Å². The van der Waals surface area contributed by atoms with Crippen LogP contribution in [0, 0.1) is 17.8 Å². The molecule has 2 heterocycles. The quantitative estimate of drug-likeness (QED) is 0.320. The van der Waals surface area contributed by atoms with Crippen LogP contribution in [-0.2, 0) is 0 Å². The minimum atomic E-state index is -0.264. The Labute approximate surface area is 225 Å². The van der Waals surface area contributed by atoms with Crippen LogP contribution >= 0.6 is 23.2 Å². The van der Waals surface area contributed by atoms with Crippen LogP contribution in [0.25, 0.3) is 0 Å². The van der Waals surface area contributed by atoms with E-state index in [2.05, 4.69) is 33.8 Å². The van der Waals surface area contributed by atoms with Crippen LogP contribution in [-0.4, -0.2) is 50.4 Å². The third-order valence-corrected chi connectivity index (χ3v) is 8.98. The van der Waals surface area contributed by atoms with Gasteiger partial charge in [0.05, 0.1) is 5.56 Å². The van der Waals surface area contributed by atoms with Gasteiger partial charge in [-0.3, -0.25) is 4.99 Å². The first kappa shape index (κ1) is 25.7. The van der Waals surface area contributed by atoms with Gasteiger partial charge in [0.2, 0.25) is 0 Å². The second-order valence-electron chi connectivity index (χ2n) is 11.1. The average Bonchev–Trinajstić information content (AvgIpc) is 2.78. The molecule has 0 spiro atoms. The van der Waals surface area contributed by atoms with Gasteiger partial charge in [0.25, 0.3) is 0 Å². The summed E-state index contributed by atoms with van der Waals surface area (Å²) < 4.78 is 6.42. The Morgan fingerprint density at radius 2 is 1.89 bits per heavy atom. The summed E-state index contributed by atoms with van der Waals surface area (Å²) >= 11 is 12.5. The zero-order valence-electron chi connectivity index (χ0n) is 21.6. The minimum absolute atomic E-state index is 0.264. The second-order valence-corrected chi connectivity index (χ2v) is 11.9. The maximum absolute atomic E-state index is 6.50. The van der Waals surface area contributed by atoms with Gasteiger partial charge < -0.3 is 20.3 Å². The third-order valence-electron chi connectivity index (χ3n) is 8.42. The molecule has 7 heteroatoms. The standard InChI is InChI=1S/C29H38Cl2N4O/c1-18-9-23(10-18)34-8-4-5-20(15-34)21-16-35(17-21)24-12-28(32)26(14-33-3)29(13-24)36-19(2)25-7-6-22(30)11-27(25)31/h6-7,11-14,18-21,23H,4-5,8-10,15-17,32H2,1-3H3/t18?,19-,20?,23?/m1/s1. The number of nitrogen functional groups attached to an aromatic ring is 1. The number of halogens is 2. The van der Waals surface area contributed by atoms with Crippen LogP contribution in [0.1, 0.15) is 56.8 Å². The average molecular weight is 530 g/mol. The van der Waals surface area contributed by atoms with Crippen molar-refractivity contribution in [2.75, 3.05) is 43.9 Å². The van der Waals surface area contributed by atoms with Gasteiger partial charge in [0.1, 0.15) is 11.9 Å². The SMILES string of the molecule is CN=Cc1c(N)cc(N2CC(C3CCCN(C4CC(C)C4)C3)C2)cc1O[C@H](C)c1ccc(Cl)cc1Cl. The number of nitrogens with two attached hydrogens (primary N) is 1. The molecule has 1 unspecified atom stereocenters. The molecule has 2 saturated heterocycles. The highest BCUT2D eigenvalue weighted by Gasteiger charge is 2.39. The molecule has 2 aromatic rings. The predicted molar refractivity (Wildman–Crippen MR) is 152 cm³/mol. The van der Waals surface area contributed by atoms with E-state index in [4.69, 9.17) is 33.7 Å². The molecular formula is C29H38Cl2N4O. The number of hydrogen-bond donors (Lipinski definition) is 1. The van der Waals surface area contributed by atoms with Crippen LogP contribution in [0.5, 0.6) is 5.75 Å². The zero-order chi connectivity index (χ0) is 25.4. The van der Waals surface area contributed by atoms with E-state index in [-0.39, 0.29) is 6.10 Å². The van der Waals surface area contributed by atoms with Crippen molar-refractivity contribution in [2.24, 2.45) is 22.7 Å². The topological polar surface area (TPSA) is 54.1 Å². The second kappa shape index (κ2) is 10.8. The fourth-order valence-corrected chi connectivity index (χ4v) is 6.76. The summed E-state index contributed by atoms with van der Waals surface area (Å²) in [6, 6.07) is 10.5. The van der Waals surface area contributed by atoms with Gasteiger partial charge in [-0.25, -0.2) is 0 Å². The van der Waals surface area contributed by atoms with Gasteiger partial charge in [0, 0.05) is 72.0 Å². The largest absolute Gasteiger partial charge is 0.485 e. The lowest BCUT2D eigenvalue weighted by atomic mass is 9.76. The van der Waals surface area contributed by atoms with Gasteiger partial charge in [-0.1, -0.05) is 36.2 Å². The Balaban J connectivity index is 1.28. The van der Waals surface area contributed by atoms with E-state index in [1.807, 2.05) is 19.1 Å². The van der Waals surface area contributed by atoms with Crippen molar-refractivity contribution >= 4 is 40.8 Å². The van der Waals surface area contributed by atoms with Gasteiger partial charge >= 0.3 is 0 Å². The number of rotatable bonds is 7. The van der Waals surface area contributed by atoms with Gasteiger partial charge in [0.15, 0.2) is 0 Å². The summed E-state index contributed by atoms with van der Waals surface area (Å²) in [5.41, 5.74) is 9.97. The monoisotopic (exact) mass is 528 g/mol. The molecule has 2 aliphatic heterocycles. The van der Waals surface area contributed by atoms with Crippen molar-refractivity contribution in [3.05, 3.63) is 51.5 Å². The minimum Gasteiger partial charge on any atom is -0.485 e. The summed E-state index contributed by atoms with van der Waals surface area (Å²) in [7, 11) is 1.74. The van der Waals surface area contributed by atoms with E-state index in [9.17, 15) is 0 Å². The lowest BCUT2D eigenvalue weighted by molar-refractivity contribution is 0.0296. The van der Waals surface area contributed by atoms with Gasteiger partial charge in [-0.2, -0.15) is 0 Å². The molecular weight excluding hydrogens is 491 g/mol. The summed E-state index contributed by atoms with van der Waals surface area (Å²) in [6.45, 7) is 9.10. The van der Waals surface area contributed by atoms with E-state index in [1.54, 1.807) is 19.3 Å². The molecule has 0 radical (unpaired) electrons. The summed E-state index contributed by atoms with van der Waals surface area (Å²) in [5.74, 6) is 3.19. The molecule has 5 rings (SSSR count). The fourth-order valence-electron chi connectivity index (χ4n) is 6.20. The zero-order valence-corrected chi connectivity index (χ0v) is 23.1. The summed E-state index contributed by atoms with van der Waals surface area (Å²) in [6.07, 6.45) is 6.98. The Bertz CT molecular complexity index is 1110.